The fraction of sp³-hybridized carbons (Fsp3) is 0.308. The lowest BCUT2D eigenvalue weighted by atomic mass is 10.2. The highest BCUT2D eigenvalue weighted by molar-refractivity contribution is 5.96. The standard InChI is InChI=1S/C13H13N5O4/c1-7-4-11(19)15-10(14-7)6-17-2-3-18-9(12(17)20)5-8(16-18)13(21)22/h4-5H,2-3,6H2,1H3,(H,21,22)(H,14,15,19). The molecule has 3 heterocycles. The van der Waals surface area contributed by atoms with E-state index in [1.165, 1.54) is 21.7 Å². The van der Waals surface area contributed by atoms with Crippen LogP contribution in [0.3, 0.4) is 0 Å². The number of amides is 1. The fourth-order valence-electron chi connectivity index (χ4n) is 2.39. The molecule has 0 unspecified atom stereocenters. The van der Waals surface area contributed by atoms with Gasteiger partial charge >= 0.3 is 5.97 Å². The first kappa shape index (κ1) is 14.0. The Balaban J connectivity index is 1.86. The molecule has 0 aromatic carbocycles. The summed E-state index contributed by atoms with van der Waals surface area (Å²) >= 11 is 0. The van der Waals surface area contributed by atoms with Gasteiger partial charge in [0.25, 0.3) is 11.5 Å². The number of rotatable bonds is 3. The second-order valence-corrected chi connectivity index (χ2v) is 5.00. The van der Waals surface area contributed by atoms with Crippen LogP contribution < -0.4 is 5.56 Å². The highest BCUT2D eigenvalue weighted by atomic mass is 16.4. The van der Waals surface area contributed by atoms with Crippen molar-refractivity contribution in [3.05, 3.63) is 45.4 Å². The maximum Gasteiger partial charge on any atom is 0.356 e. The summed E-state index contributed by atoms with van der Waals surface area (Å²) in [6.45, 7) is 2.61. The van der Waals surface area contributed by atoms with Crippen LogP contribution in [-0.2, 0) is 13.1 Å². The van der Waals surface area contributed by atoms with Gasteiger partial charge < -0.3 is 15.0 Å². The van der Waals surface area contributed by atoms with Gasteiger partial charge in [-0.1, -0.05) is 0 Å². The maximum atomic E-state index is 12.4. The van der Waals surface area contributed by atoms with Crippen molar-refractivity contribution in [2.75, 3.05) is 6.54 Å². The third-order valence-electron chi connectivity index (χ3n) is 3.35. The normalized spacial score (nSPS) is 14.0. The smallest absolute Gasteiger partial charge is 0.356 e. The number of aromatic amines is 1. The van der Waals surface area contributed by atoms with Gasteiger partial charge in [0.15, 0.2) is 5.69 Å². The number of aromatic nitrogens is 4. The number of aromatic carboxylic acids is 1. The Morgan fingerprint density at radius 1 is 1.36 bits per heavy atom. The van der Waals surface area contributed by atoms with E-state index in [1.54, 1.807) is 6.92 Å². The average Bonchev–Trinajstić information content (AvgIpc) is 2.86. The molecule has 2 N–H and O–H groups in total. The summed E-state index contributed by atoms with van der Waals surface area (Å²) in [6, 6.07) is 2.62. The number of carbonyl (C=O) groups excluding carboxylic acids is 1. The van der Waals surface area contributed by atoms with Crippen LogP contribution >= 0.6 is 0 Å². The van der Waals surface area contributed by atoms with Gasteiger partial charge in [0, 0.05) is 24.4 Å². The van der Waals surface area contributed by atoms with Crippen LogP contribution in [0, 0.1) is 6.92 Å². The molecule has 1 aliphatic rings. The molecular formula is C13H13N5O4. The van der Waals surface area contributed by atoms with Crippen LogP contribution in [-0.4, -0.2) is 48.2 Å². The molecule has 0 aliphatic carbocycles. The number of H-pyrrole nitrogens is 1. The second-order valence-electron chi connectivity index (χ2n) is 5.00. The van der Waals surface area contributed by atoms with Crippen molar-refractivity contribution in [3.63, 3.8) is 0 Å². The van der Waals surface area contributed by atoms with Crippen LogP contribution in [0.1, 0.15) is 32.5 Å². The third-order valence-corrected chi connectivity index (χ3v) is 3.35. The number of carbonyl (C=O) groups is 2. The van der Waals surface area contributed by atoms with Crippen LogP contribution in [0.15, 0.2) is 16.9 Å². The Morgan fingerprint density at radius 3 is 2.82 bits per heavy atom. The number of nitrogens with one attached hydrogen (secondary N) is 1. The Kier molecular flexibility index (Phi) is 3.24. The summed E-state index contributed by atoms with van der Waals surface area (Å²) in [6.07, 6.45) is 0. The van der Waals surface area contributed by atoms with Gasteiger partial charge in [-0.3, -0.25) is 14.3 Å². The molecule has 1 aliphatic heterocycles. The molecule has 0 atom stereocenters. The number of hydrogen-bond donors (Lipinski definition) is 2. The van der Waals surface area contributed by atoms with Gasteiger partial charge in [-0.2, -0.15) is 5.10 Å². The molecule has 2 aromatic heterocycles. The molecule has 0 saturated carbocycles. The Bertz CT molecular complexity index is 822. The minimum atomic E-state index is -1.18. The predicted octanol–water partition coefficient (Wildman–Crippen LogP) is -0.371. The molecule has 0 radical (unpaired) electrons. The first-order valence-electron chi connectivity index (χ1n) is 6.61. The Morgan fingerprint density at radius 2 is 2.14 bits per heavy atom. The monoisotopic (exact) mass is 303 g/mol. The molecule has 0 saturated heterocycles. The van der Waals surface area contributed by atoms with Gasteiger partial charge in [-0.05, 0) is 6.92 Å². The fourth-order valence-corrected chi connectivity index (χ4v) is 2.39. The van der Waals surface area contributed by atoms with Gasteiger partial charge in [-0.15, -0.1) is 0 Å². The topological polar surface area (TPSA) is 121 Å². The number of carboxylic acids is 1. The van der Waals surface area contributed by atoms with Crippen LogP contribution in [0.5, 0.6) is 0 Å². The van der Waals surface area contributed by atoms with Crippen LogP contribution in [0.4, 0.5) is 0 Å². The maximum absolute atomic E-state index is 12.4. The summed E-state index contributed by atoms with van der Waals surface area (Å²) in [5, 5.41) is 12.8. The van der Waals surface area contributed by atoms with E-state index in [1.807, 2.05) is 0 Å². The van der Waals surface area contributed by atoms with Gasteiger partial charge in [0.2, 0.25) is 0 Å². The van der Waals surface area contributed by atoms with E-state index in [4.69, 9.17) is 5.11 Å². The van der Waals surface area contributed by atoms with Crippen molar-refractivity contribution < 1.29 is 14.7 Å². The first-order chi connectivity index (χ1) is 10.4. The van der Waals surface area contributed by atoms with E-state index >= 15 is 0 Å². The van der Waals surface area contributed by atoms with E-state index in [2.05, 4.69) is 15.1 Å². The molecule has 0 spiro atoms. The van der Waals surface area contributed by atoms with Gasteiger partial charge in [0.1, 0.15) is 11.5 Å². The average molecular weight is 303 g/mol. The van der Waals surface area contributed by atoms with Gasteiger partial charge in [0.05, 0.1) is 13.1 Å². The highest BCUT2D eigenvalue weighted by Gasteiger charge is 2.28. The second kappa shape index (κ2) is 5.10. The summed E-state index contributed by atoms with van der Waals surface area (Å²) in [7, 11) is 0. The zero-order chi connectivity index (χ0) is 15.9. The highest BCUT2D eigenvalue weighted by Crippen LogP contribution is 2.15. The number of carboxylic acid groups (broad SMARTS) is 1. The Labute approximate surface area is 124 Å². The molecular weight excluding hydrogens is 290 g/mol. The number of aryl methyl sites for hydroxylation is 1. The zero-order valence-electron chi connectivity index (χ0n) is 11.7. The number of nitrogens with zero attached hydrogens (tertiary/aromatic N) is 4. The van der Waals surface area contributed by atoms with Crippen LogP contribution in [0.25, 0.3) is 0 Å². The number of hydrogen-bond acceptors (Lipinski definition) is 5. The molecule has 0 fully saturated rings. The lowest BCUT2D eigenvalue weighted by molar-refractivity contribution is 0.0667. The van der Waals surface area contributed by atoms with Crippen molar-refractivity contribution in [1.82, 2.24) is 24.6 Å². The lowest BCUT2D eigenvalue weighted by Crippen LogP contribution is -2.40. The van der Waals surface area contributed by atoms with Crippen molar-refractivity contribution in [1.29, 1.82) is 0 Å². The van der Waals surface area contributed by atoms with E-state index in [9.17, 15) is 14.4 Å². The summed E-state index contributed by atoms with van der Waals surface area (Å²) in [5.74, 6) is -1.12. The summed E-state index contributed by atoms with van der Waals surface area (Å²) < 4.78 is 1.38. The molecule has 9 nitrogen and oxygen atoms in total. The molecule has 2 aromatic rings. The van der Waals surface area contributed by atoms with E-state index in [-0.39, 0.29) is 29.4 Å². The van der Waals surface area contributed by atoms with Crippen molar-refractivity contribution in [2.45, 2.75) is 20.0 Å². The predicted molar refractivity (Wildman–Crippen MR) is 73.5 cm³/mol. The lowest BCUT2D eigenvalue weighted by Gasteiger charge is -2.26. The Hall–Kier alpha value is -2.97. The molecule has 114 valence electrons. The third kappa shape index (κ3) is 2.48. The van der Waals surface area contributed by atoms with Crippen molar-refractivity contribution in [3.8, 4) is 0 Å². The zero-order valence-corrected chi connectivity index (χ0v) is 11.7. The van der Waals surface area contributed by atoms with E-state index in [0.717, 1.165) is 0 Å². The SMILES string of the molecule is Cc1cc(=O)[nH]c(CN2CCn3nc(C(=O)O)cc3C2=O)n1. The largest absolute Gasteiger partial charge is 0.476 e. The molecule has 9 heteroatoms. The molecule has 22 heavy (non-hydrogen) atoms. The molecule has 3 rings (SSSR count). The quantitative estimate of drug-likeness (QED) is 0.798. The van der Waals surface area contributed by atoms with Gasteiger partial charge in [-0.25, -0.2) is 9.78 Å². The van der Waals surface area contributed by atoms with E-state index < -0.39 is 5.97 Å². The minimum Gasteiger partial charge on any atom is -0.476 e. The number of fused-ring (bicyclic) bond motifs is 1. The van der Waals surface area contributed by atoms with Crippen molar-refractivity contribution in [2.24, 2.45) is 0 Å². The minimum absolute atomic E-state index is 0.156. The molecule has 1 amide bonds. The van der Waals surface area contributed by atoms with E-state index in [0.29, 0.717) is 24.6 Å². The van der Waals surface area contributed by atoms with Crippen molar-refractivity contribution >= 4 is 11.9 Å². The molecule has 0 bridgehead atoms. The van der Waals surface area contributed by atoms with Crippen LogP contribution in [0.2, 0.25) is 0 Å². The summed E-state index contributed by atoms with van der Waals surface area (Å²) in [4.78, 5) is 43.0. The first-order valence-corrected chi connectivity index (χ1v) is 6.61. The summed E-state index contributed by atoms with van der Waals surface area (Å²) in [5.41, 5.74) is 0.359.